The van der Waals surface area contributed by atoms with E-state index in [1.165, 1.54) is 40.0 Å². The van der Waals surface area contributed by atoms with Crippen LogP contribution < -0.4 is 17.0 Å². The third-order valence-corrected chi connectivity index (χ3v) is 3.14. The summed E-state index contributed by atoms with van der Waals surface area (Å²) in [5, 5.41) is 1.28. The largest absolute Gasteiger partial charge is 1.00 e. The van der Waals surface area contributed by atoms with Gasteiger partial charge >= 0.3 is 78.5 Å². The molecule has 0 aromatic heterocycles. The molecular weight excluding hydrogens is 265 g/mol. The van der Waals surface area contributed by atoms with Gasteiger partial charge in [0.25, 0.3) is 0 Å². The first kappa shape index (κ1) is 12.3. The van der Waals surface area contributed by atoms with Gasteiger partial charge in [-0.05, 0) is 0 Å². The summed E-state index contributed by atoms with van der Waals surface area (Å²) in [7, 11) is 0. The van der Waals surface area contributed by atoms with Crippen LogP contribution in [0.4, 0.5) is 0 Å². The molecule has 1 rings (SSSR count). The monoisotopic (exact) mass is 276 g/mol. The quantitative estimate of drug-likeness (QED) is 0.617. The predicted molar refractivity (Wildman–Crippen MR) is 44.4 cm³/mol. The van der Waals surface area contributed by atoms with E-state index >= 15 is 0 Å². The summed E-state index contributed by atoms with van der Waals surface area (Å²) in [6.45, 7) is 6.59. The SMILES string of the molecule is Cc1cc(C)c([CH2][Zn+])c(C)c1.[Br-]. The molecule has 62 valence electrons. The average Bonchev–Trinajstić information content (AvgIpc) is 1.85. The van der Waals surface area contributed by atoms with Crippen molar-refractivity contribution in [3.63, 3.8) is 0 Å². The van der Waals surface area contributed by atoms with Crippen LogP contribution in [0.25, 0.3) is 0 Å². The van der Waals surface area contributed by atoms with Crippen LogP contribution in [0, 0.1) is 20.8 Å². The van der Waals surface area contributed by atoms with Crippen LogP contribution in [0.5, 0.6) is 0 Å². The van der Waals surface area contributed by atoms with Crippen LogP contribution in [-0.2, 0) is 23.3 Å². The molecule has 0 aliphatic rings. The number of benzene rings is 1. The van der Waals surface area contributed by atoms with Crippen molar-refractivity contribution in [1.29, 1.82) is 0 Å². The van der Waals surface area contributed by atoms with Gasteiger partial charge in [-0.3, -0.25) is 0 Å². The fourth-order valence-corrected chi connectivity index (χ4v) is 3.26. The van der Waals surface area contributed by atoms with Gasteiger partial charge in [-0.1, -0.05) is 0 Å². The van der Waals surface area contributed by atoms with Crippen LogP contribution in [0.3, 0.4) is 0 Å². The Balaban J connectivity index is 0.00000121. The van der Waals surface area contributed by atoms with Crippen molar-refractivity contribution in [2.45, 2.75) is 25.8 Å². The van der Waals surface area contributed by atoms with E-state index in [-0.39, 0.29) is 17.0 Å². The summed E-state index contributed by atoms with van der Waals surface area (Å²) in [6, 6.07) is 4.55. The second kappa shape index (κ2) is 5.14. The van der Waals surface area contributed by atoms with Crippen molar-refractivity contribution in [2.75, 3.05) is 0 Å². The molecule has 0 unspecified atom stereocenters. The molecule has 1 aromatic rings. The van der Waals surface area contributed by atoms with Gasteiger partial charge in [0.2, 0.25) is 0 Å². The number of hydrogen-bond donors (Lipinski definition) is 0. The normalized spacial score (nSPS) is 9.42. The molecule has 12 heavy (non-hydrogen) atoms. The summed E-state index contributed by atoms with van der Waals surface area (Å²) in [6.07, 6.45) is 0. The van der Waals surface area contributed by atoms with Gasteiger partial charge in [0.05, 0.1) is 0 Å². The minimum Gasteiger partial charge on any atom is -1.00 e. The Labute approximate surface area is 95.2 Å². The van der Waals surface area contributed by atoms with Crippen molar-refractivity contribution < 1.29 is 35.3 Å². The first-order valence-electron chi connectivity index (χ1n) is 4.01. The van der Waals surface area contributed by atoms with E-state index in [4.69, 9.17) is 0 Å². The maximum absolute atomic E-state index is 2.28. The maximum Gasteiger partial charge on any atom is -1.00 e. The minimum atomic E-state index is 0. The molecule has 0 saturated carbocycles. The van der Waals surface area contributed by atoms with Gasteiger partial charge < -0.3 is 17.0 Å². The molecule has 0 saturated heterocycles. The molecule has 0 heterocycles. The van der Waals surface area contributed by atoms with E-state index in [1.54, 1.807) is 5.56 Å². The van der Waals surface area contributed by atoms with E-state index < -0.39 is 0 Å². The zero-order valence-corrected chi connectivity index (χ0v) is 12.5. The smallest absolute Gasteiger partial charge is 1.00 e. The number of halogens is 1. The van der Waals surface area contributed by atoms with Crippen molar-refractivity contribution in [2.24, 2.45) is 0 Å². The Morgan fingerprint density at radius 3 is 1.83 bits per heavy atom. The first-order chi connectivity index (χ1) is 5.15. The van der Waals surface area contributed by atoms with Crippen LogP contribution >= 0.6 is 0 Å². The standard InChI is InChI=1S/C10H13.BrH.Zn/c1-7-5-8(2)10(4)9(3)6-7;;/h5-6H,4H2,1-3H3;1H;/q;;+1/p-1. The van der Waals surface area contributed by atoms with Crippen LogP contribution in [0.1, 0.15) is 22.3 Å². The summed E-state index contributed by atoms with van der Waals surface area (Å²) < 4.78 is 0. The van der Waals surface area contributed by atoms with Gasteiger partial charge in [-0.25, -0.2) is 0 Å². The molecule has 0 aliphatic carbocycles. The summed E-state index contributed by atoms with van der Waals surface area (Å²) in [5.41, 5.74) is 5.88. The van der Waals surface area contributed by atoms with Crippen LogP contribution in [0.2, 0.25) is 0 Å². The Bertz CT molecular complexity index is 246. The summed E-state index contributed by atoms with van der Waals surface area (Å²) in [5.74, 6) is 0. The van der Waals surface area contributed by atoms with E-state index in [9.17, 15) is 0 Å². The summed E-state index contributed by atoms with van der Waals surface area (Å²) in [4.78, 5) is 0. The fourth-order valence-electron chi connectivity index (χ4n) is 1.60. The topological polar surface area (TPSA) is 0 Å². The van der Waals surface area contributed by atoms with Crippen LogP contribution in [0.15, 0.2) is 12.1 Å². The molecule has 2 heteroatoms. The van der Waals surface area contributed by atoms with E-state index in [0.29, 0.717) is 0 Å². The predicted octanol–water partition coefficient (Wildman–Crippen LogP) is -0.337. The molecule has 0 aliphatic heterocycles. The van der Waals surface area contributed by atoms with Crippen LogP contribution in [-0.4, -0.2) is 0 Å². The van der Waals surface area contributed by atoms with Gasteiger partial charge in [0.1, 0.15) is 0 Å². The van der Waals surface area contributed by atoms with Gasteiger partial charge in [-0.2, -0.15) is 0 Å². The van der Waals surface area contributed by atoms with Gasteiger partial charge in [0.15, 0.2) is 0 Å². The van der Waals surface area contributed by atoms with Crippen molar-refractivity contribution in [3.05, 3.63) is 34.4 Å². The van der Waals surface area contributed by atoms with E-state index in [2.05, 4.69) is 32.9 Å². The van der Waals surface area contributed by atoms with Gasteiger partial charge in [0, 0.05) is 0 Å². The van der Waals surface area contributed by atoms with Crippen molar-refractivity contribution in [1.82, 2.24) is 0 Å². The molecule has 1 aromatic carbocycles. The molecule has 0 radical (unpaired) electrons. The van der Waals surface area contributed by atoms with E-state index in [1.807, 2.05) is 0 Å². The molecule has 0 fully saturated rings. The molecule has 0 spiro atoms. The number of hydrogen-bond acceptors (Lipinski definition) is 0. The van der Waals surface area contributed by atoms with Gasteiger partial charge in [-0.15, -0.1) is 0 Å². The molecule has 0 amide bonds. The molecular formula is C10H13BrZn. The summed E-state index contributed by atoms with van der Waals surface area (Å²) >= 11 is 1.37. The van der Waals surface area contributed by atoms with E-state index in [0.717, 1.165) is 0 Å². The Hall–Kier alpha value is 0.323. The maximum atomic E-state index is 2.28. The number of aryl methyl sites for hydroxylation is 3. The zero-order chi connectivity index (χ0) is 8.43. The van der Waals surface area contributed by atoms with Crippen molar-refractivity contribution >= 4 is 0 Å². The molecule has 0 bridgehead atoms. The second-order valence-corrected chi connectivity index (χ2v) is 4.18. The first-order valence-corrected chi connectivity index (χ1v) is 6.11. The third-order valence-electron chi connectivity index (χ3n) is 2.09. The molecule has 0 nitrogen and oxygen atoms in total. The van der Waals surface area contributed by atoms with Crippen molar-refractivity contribution in [3.8, 4) is 0 Å². The minimum absolute atomic E-state index is 0. The Kier molecular flexibility index (Phi) is 5.28. The zero-order valence-electron chi connectivity index (χ0n) is 7.95. The second-order valence-electron chi connectivity index (χ2n) is 3.13. The molecule has 0 atom stereocenters. The third kappa shape index (κ3) is 2.67. The number of rotatable bonds is 1. The molecule has 0 N–H and O–H groups in total. The Morgan fingerprint density at radius 2 is 1.50 bits per heavy atom. The average molecular weight is 279 g/mol. The Morgan fingerprint density at radius 1 is 1.08 bits per heavy atom. The fraction of sp³-hybridized carbons (Fsp3) is 0.400.